The number of fused-ring (bicyclic) bond motifs is 3. The second-order valence-corrected chi connectivity index (χ2v) is 6.27. The van der Waals surface area contributed by atoms with Crippen LogP contribution in [0.2, 0.25) is 0 Å². The summed E-state index contributed by atoms with van der Waals surface area (Å²) in [5.74, 6) is 0.394. The average Bonchev–Trinajstić information content (AvgIpc) is 3.00. The van der Waals surface area contributed by atoms with Gasteiger partial charge in [-0.15, -0.1) is 0 Å². The molecule has 0 fully saturated rings. The van der Waals surface area contributed by atoms with Gasteiger partial charge in [-0.1, -0.05) is 30.3 Å². The van der Waals surface area contributed by atoms with E-state index in [4.69, 9.17) is 15.2 Å². The number of carbonyl (C=O) groups excluding carboxylic acids is 1. The lowest BCUT2D eigenvalue weighted by molar-refractivity contribution is 0.0531. The summed E-state index contributed by atoms with van der Waals surface area (Å²) in [6, 6.07) is 19.1. The van der Waals surface area contributed by atoms with E-state index in [1.807, 2.05) is 71.3 Å². The van der Waals surface area contributed by atoms with E-state index in [2.05, 4.69) is 0 Å². The molecule has 0 saturated heterocycles. The van der Waals surface area contributed by atoms with Crippen LogP contribution >= 0.6 is 0 Å². The van der Waals surface area contributed by atoms with Crippen LogP contribution in [0.1, 0.15) is 22.8 Å². The third-order valence-electron chi connectivity index (χ3n) is 4.45. The van der Waals surface area contributed by atoms with Crippen LogP contribution in [0.15, 0.2) is 66.9 Å². The Kier molecular flexibility index (Phi) is 4.42. The monoisotopic (exact) mass is 360 g/mol. The van der Waals surface area contributed by atoms with Crippen LogP contribution in [0, 0.1) is 0 Å². The molecule has 2 aromatic heterocycles. The summed E-state index contributed by atoms with van der Waals surface area (Å²) < 4.78 is 13.2. The van der Waals surface area contributed by atoms with Crippen molar-refractivity contribution >= 4 is 28.1 Å². The van der Waals surface area contributed by atoms with Crippen molar-refractivity contribution in [1.82, 2.24) is 4.40 Å². The van der Waals surface area contributed by atoms with Crippen LogP contribution in [0.25, 0.3) is 16.4 Å². The molecule has 27 heavy (non-hydrogen) atoms. The van der Waals surface area contributed by atoms with Crippen molar-refractivity contribution in [3.63, 3.8) is 0 Å². The fourth-order valence-corrected chi connectivity index (χ4v) is 3.27. The molecule has 0 saturated carbocycles. The Bertz CT molecular complexity index is 1130. The molecule has 0 spiro atoms. The maximum absolute atomic E-state index is 12.5. The Morgan fingerprint density at radius 3 is 2.70 bits per heavy atom. The summed E-state index contributed by atoms with van der Waals surface area (Å²) in [6.07, 6.45) is 1.90. The number of nitrogen functional groups attached to an aromatic ring is 1. The molecule has 0 radical (unpaired) electrons. The van der Waals surface area contributed by atoms with Gasteiger partial charge < -0.3 is 19.6 Å². The van der Waals surface area contributed by atoms with Crippen molar-refractivity contribution in [3.8, 4) is 5.75 Å². The Hall–Kier alpha value is -3.47. The van der Waals surface area contributed by atoms with Crippen LogP contribution in [0.4, 0.5) is 5.69 Å². The Morgan fingerprint density at radius 1 is 1.04 bits per heavy atom. The minimum absolute atomic E-state index is 0.315. The first-order valence-electron chi connectivity index (χ1n) is 8.84. The van der Waals surface area contributed by atoms with E-state index in [-0.39, 0.29) is 5.97 Å². The molecular formula is C22H20N2O3. The number of para-hydroxylation sites is 1. The van der Waals surface area contributed by atoms with Crippen LogP contribution < -0.4 is 10.5 Å². The van der Waals surface area contributed by atoms with Crippen LogP contribution in [0.3, 0.4) is 0 Å². The van der Waals surface area contributed by atoms with Gasteiger partial charge in [0.1, 0.15) is 12.4 Å². The molecule has 0 bridgehead atoms. The third kappa shape index (κ3) is 3.19. The van der Waals surface area contributed by atoms with E-state index >= 15 is 0 Å². The Balaban J connectivity index is 1.74. The number of ether oxygens (including phenoxy) is 2. The molecule has 2 N–H and O–H groups in total. The summed E-state index contributed by atoms with van der Waals surface area (Å²) in [4.78, 5) is 12.5. The van der Waals surface area contributed by atoms with Gasteiger partial charge in [-0.25, -0.2) is 4.79 Å². The number of pyridine rings is 1. The van der Waals surface area contributed by atoms with E-state index in [0.29, 0.717) is 30.2 Å². The SMILES string of the molecule is CCOC(=O)c1c2ccccc2n2cc(OCc3cccc(N)c3)ccc12. The number of carbonyl (C=O) groups is 1. The van der Waals surface area contributed by atoms with Crippen LogP contribution in [-0.2, 0) is 11.3 Å². The Labute approximate surface area is 156 Å². The lowest BCUT2D eigenvalue weighted by Crippen LogP contribution is -2.04. The van der Waals surface area contributed by atoms with Gasteiger partial charge in [0, 0.05) is 11.1 Å². The van der Waals surface area contributed by atoms with E-state index < -0.39 is 0 Å². The quantitative estimate of drug-likeness (QED) is 0.422. The molecule has 136 valence electrons. The lowest BCUT2D eigenvalue weighted by Gasteiger charge is -2.08. The fraction of sp³-hybridized carbons (Fsp3) is 0.136. The first-order valence-corrected chi connectivity index (χ1v) is 8.84. The molecule has 0 amide bonds. The maximum Gasteiger partial charge on any atom is 0.340 e. The molecule has 2 aromatic carbocycles. The molecule has 0 aliphatic rings. The van der Waals surface area contributed by atoms with Crippen molar-refractivity contribution in [2.24, 2.45) is 0 Å². The van der Waals surface area contributed by atoms with Gasteiger partial charge in [0.25, 0.3) is 0 Å². The average molecular weight is 360 g/mol. The van der Waals surface area contributed by atoms with Crippen molar-refractivity contribution in [1.29, 1.82) is 0 Å². The molecule has 0 atom stereocenters. The smallest absolute Gasteiger partial charge is 0.340 e. The molecule has 5 nitrogen and oxygen atoms in total. The van der Waals surface area contributed by atoms with Gasteiger partial charge in [-0.05, 0) is 42.8 Å². The number of nitrogens with two attached hydrogens (primary N) is 1. The standard InChI is InChI=1S/C22H20N2O3/c1-2-26-22(25)21-18-8-3-4-9-19(18)24-13-17(10-11-20(21)24)27-14-15-6-5-7-16(23)12-15/h3-13H,2,14,23H2,1H3. The fourth-order valence-electron chi connectivity index (χ4n) is 3.27. The highest BCUT2D eigenvalue weighted by Crippen LogP contribution is 2.29. The van der Waals surface area contributed by atoms with Crippen molar-refractivity contribution < 1.29 is 14.3 Å². The number of aromatic nitrogens is 1. The predicted octanol–water partition coefficient (Wildman–Crippen LogP) is 4.43. The van der Waals surface area contributed by atoms with Gasteiger partial charge in [0.2, 0.25) is 0 Å². The van der Waals surface area contributed by atoms with Gasteiger partial charge in [-0.2, -0.15) is 0 Å². The van der Waals surface area contributed by atoms with Crippen LogP contribution in [0.5, 0.6) is 5.75 Å². The molecular weight excluding hydrogens is 340 g/mol. The zero-order valence-electron chi connectivity index (χ0n) is 15.0. The summed E-state index contributed by atoms with van der Waals surface area (Å²) >= 11 is 0. The molecule has 5 heteroatoms. The zero-order valence-corrected chi connectivity index (χ0v) is 15.0. The highest BCUT2D eigenvalue weighted by Gasteiger charge is 2.19. The maximum atomic E-state index is 12.5. The summed E-state index contributed by atoms with van der Waals surface area (Å²) in [5.41, 5.74) is 9.84. The van der Waals surface area contributed by atoms with E-state index in [1.54, 1.807) is 6.92 Å². The number of hydrogen-bond acceptors (Lipinski definition) is 4. The number of hydrogen-bond donors (Lipinski definition) is 1. The van der Waals surface area contributed by atoms with Gasteiger partial charge in [0.05, 0.1) is 29.4 Å². The van der Waals surface area contributed by atoms with Crippen LogP contribution in [-0.4, -0.2) is 17.0 Å². The first kappa shape index (κ1) is 17.0. The lowest BCUT2D eigenvalue weighted by atomic mass is 10.1. The molecule has 0 aliphatic heterocycles. The number of nitrogens with zero attached hydrogens (tertiary/aromatic N) is 1. The van der Waals surface area contributed by atoms with Gasteiger partial charge in [0.15, 0.2) is 0 Å². The van der Waals surface area contributed by atoms with Crippen molar-refractivity contribution in [3.05, 3.63) is 78.0 Å². The van der Waals surface area contributed by atoms with Gasteiger partial charge >= 0.3 is 5.97 Å². The first-order chi connectivity index (χ1) is 13.2. The zero-order chi connectivity index (χ0) is 18.8. The number of esters is 1. The number of benzene rings is 2. The summed E-state index contributed by atoms with van der Waals surface area (Å²) in [5, 5.41) is 0.865. The van der Waals surface area contributed by atoms with E-state index in [9.17, 15) is 4.79 Å². The molecule has 4 aromatic rings. The van der Waals surface area contributed by atoms with Crippen molar-refractivity contribution in [2.75, 3.05) is 12.3 Å². The summed E-state index contributed by atoms with van der Waals surface area (Å²) in [7, 11) is 0. The number of anilines is 1. The summed E-state index contributed by atoms with van der Waals surface area (Å²) in [6.45, 7) is 2.56. The Morgan fingerprint density at radius 2 is 1.89 bits per heavy atom. The third-order valence-corrected chi connectivity index (χ3v) is 4.45. The second-order valence-electron chi connectivity index (χ2n) is 6.27. The largest absolute Gasteiger partial charge is 0.487 e. The predicted molar refractivity (Wildman–Crippen MR) is 106 cm³/mol. The normalized spacial score (nSPS) is 11.0. The minimum atomic E-state index is -0.315. The molecule has 0 aliphatic carbocycles. The second kappa shape index (κ2) is 7.03. The highest BCUT2D eigenvalue weighted by molar-refractivity contribution is 6.11. The minimum Gasteiger partial charge on any atom is -0.487 e. The molecule has 4 rings (SSSR count). The molecule has 2 heterocycles. The highest BCUT2D eigenvalue weighted by atomic mass is 16.5. The van der Waals surface area contributed by atoms with E-state index in [1.165, 1.54) is 0 Å². The van der Waals surface area contributed by atoms with Crippen molar-refractivity contribution in [2.45, 2.75) is 13.5 Å². The van der Waals surface area contributed by atoms with E-state index in [0.717, 1.165) is 22.0 Å². The number of rotatable bonds is 5. The van der Waals surface area contributed by atoms with Gasteiger partial charge in [-0.3, -0.25) is 0 Å². The topological polar surface area (TPSA) is 66.0 Å². The molecule has 0 unspecified atom stereocenters.